The van der Waals surface area contributed by atoms with Crippen LogP contribution in [0, 0.1) is 11.7 Å². The fourth-order valence-electron chi connectivity index (χ4n) is 2.83. The third-order valence-electron chi connectivity index (χ3n) is 3.91. The highest BCUT2D eigenvalue weighted by Crippen LogP contribution is 2.25. The molecule has 0 N–H and O–H groups in total. The fourth-order valence-corrected chi connectivity index (χ4v) is 4.38. The third-order valence-corrected chi connectivity index (χ3v) is 5.76. The number of halogens is 1. The quantitative estimate of drug-likeness (QED) is 0.847. The minimum atomic E-state index is -3.93. The van der Waals surface area contributed by atoms with Gasteiger partial charge in [0.1, 0.15) is 10.7 Å². The topological polar surface area (TPSA) is 64.4 Å². The molecule has 2 heterocycles. The van der Waals surface area contributed by atoms with Crippen molar-refractivity contribution in [1.82, 2.24) is 13.9 Å². The van der Waals surface area contributed by atoms with E-state index in [-0.39, 0.29) is 23.9 Å². The first-order valence-corrected chi connectivity index (χ1v) is 8.69. The van der Waals surface area contributed by atoms with Crippen LogP contribution in [-0.2, 0) is 27.8 Å². The highest BCUT2D eigenvalue weighted by atomic mass is 32.2. The Balaban J connectivity index is 1.99. The van der Waals surface area contributed by atoms with Crippen LogP contribution in [0.4, 0.5) is 4.39 Å². The Kier molecular flexibility index (Phi) is 4.47. The lowest BCUT2D eigenvalue weighted by Gasteiger charge is -2.23. The summed E-state index contributed by atoms with van der Waals surface area (Å²) < 4.78 is 48.1. The molecule has 124 valence electrons. The Morgan fingerprint density at radius 2 is 2.13 bits per heavy atom. The Labute approximate surface area is 134 Å². The monoisotopic (exact) mass is 339 g/mol. The molecule has 23 heavy (non-hydrogen) atoms. The molecule has 2 aromatic rings. The Morgan fingerprint density at radius 3 is 2.87 bits per heavy atom. The molecule has 0 saturated heterocycles. The van der Waals surface area contributed by atoms with Crippen molar-refractivity contribution in [3.63, 3.8) is 0 Å². The number of methoxy groups -OCH3 is 1. The molecular weight excluding hydrogens is 321 g/mol. The number of hydrogen-bond acceptors (Lipinski definition) is 4. The molecule has 0 fully saturated rings. The van der Waals surface area contributed by atoms with Crippen LogP contribution in [0.25, 0.3) is 0 Å². The summed E-state index contributed by atoms with van der Waals surface area (Å²) in [4.78, 5) is 3.77. The lowest BCUT2D eigenvalue weighted by atomic mass is 10.1. The number of fused-ring (bicyclic) bond motifs is 1. The molecule has 0 unspecified atom stereocenters. The molecular formula is C15H18FN3O3S. The average Bonchev–Trinajstić information content (AvgIpc) is 2.86. The second-order valence-corrected chi connectivity index (χ2v) is 7.49. The standard InChI is InChI=1S/C15H18FN3O3S/c1-22-10-12-7-18-11-17-6-13(18)9-19(8-12)23(20,21)15-5-3-2-4-14(15)16/h2-6,11-12H,7-10H2,1H3/t12-/m1/s1. The molecule has 6 nitrogen and oxygen atoms in total. The van der Waals surface area contributed by atoms with E-state index in [1.807, 2.05) is 4.57 Å². The molecule has 1 atom stereocenters. The van der Waals surface area contributed by atoms with Gasteiger partial charge in [0.2, 0.25) is 10.0 Å². The lowest BCUT2D eigenvalue weighted by Crippen LogP contribution is -2.35. The maximum Gasteiger partial charge on any atom is 0.246 e. The number of ether oxygens (including phenoxy) is 1. The van der Waals surface area contributed by atoms with Crippen molar-refractivity contribution in [2.75, 3.05) is 20.3 Å². The van der Waals surface area contributed by atoms with Crippen LogP contribution in [0.1, 0.15) is 5.69 Å². The molecule has 1 aliphatic heterocycles. The second-order valence-electron chi connectivity index (χ2n) is 5.59. The van der Waals surface area contributed by atoms with E-state index in [1.165, 1.54) is 22.5 Å². The third kappa shape index (κ3) is 3.15. The molecule has 1 aromatic heterocycles. The lowest BCUT2D eigenvalue weighted by molar-refractivity contribution is 0.134. The molecule has 0 spiro atoms. The van der Waals surface area contributed by atoms with Crippen LogP contribution in [0.2, 0.25) is 0 Å². The first-order valence-electron chi connectivity index (χ1n) is 7.25. The number of rotatable bonds is 4. The molecule has 1 aliphatic rings. The zero-order chi connectivity index (χ0) is 16.4. The number of hydrogen-bond donors (Lipinski definition) is 0. The van der Waals surface area contributed by atoms with Gasteiger partial charge in [0.05, 0.1) is 25.2 Å². The SMILES string of the molecule is COC[C@H]1CN(S(=O)(=O)c2ccccc2F)Cc2cncn2C1. The van der Waals surface area contributed by atoms with Crippen LogP contribution < -0.4 is 0 Å². The van der Waals surface area contributed by atoms with Gasteiger partial charge < -0.3 is 9.30 Å². The van der Waals surface area contributed by atoms with Gasteiger partial charge in [-0.25, -0.2) is 17.8 Å². The smallest absolute Gasteiger partial charge is 0.246 e. The number of aromatic nitrogens is 2. The van der Waals surface area contributed by atoms with Crippen LogP contribution in [0.3, 0.4) is 0 Å². The molecule has 0 saturated carbocycles. The van der Waals surface area contributed by atoms with Gasteiger partial charge in [0.25, 0.3) is 0 Å². The summed E-state index contributed by atoms with van der Waals surface area (Å²) in [6.07, 6.45) is 3.32. The summed E-state index contributed by atoms with van der Waals surface area (Å²) in [6, 6.07) is 5.43. The summed E-state index contributed by atoms with van der Waals surface area (Å²) in [5.74, 6) is -0.773. The van der Waals surface area contributed by atoms with Crippen LogP contribution >= 0.6 is 0 Å². The summed E-state index contributed by atoms with van der Waals surface area (Å²) in [5.41, 5.74) is 0.781. The summed E-state index contributed by atoms with van der Waals surface area (Å²) >= 11 is 0. The average molecular weight is 339 g/mol. The molecule has 0 amide bonds. The van der Waals surface area contributed by atoms with E-state index < -0.39 is 15.8 Å². The van der Waals surface area contributed by atoms with Gasteiger partial charge in [0.15, 0.2) is 0 Å². The molecule has 0 bridgehead atoms. The Hall–Kier alpha value is -1.77. The zero-order valence-corrected chi connectivity index (χ0v) is 13.5. The largest absolute Gasteiger partial charge is 0.384 e. The minimum Gasteiger partial charge on any atom is -0.384 e. The Morgan fingerprint density at radius 1 is 1.35 bits per heavy atom. The number of imidazole rings is 1. The van der Waals surface area contributed by atoms with Crippen molar-refractivity contribution in [2.45, 2.75) is 18.0 Å². The van der Waals surface area contributed by atoms with E-state index in [9.17, 15) is 12.8 Å². The van der Waals surface area contributed by atoms with Gasteiger partial charge in [-0.1, -0.05) is 12.1 Å². The number of benzene rings is 1. The van der Waals surface area contributed by atoms with Crippen molar-refractivity contribution in [2.24, 2.45) is 5.92 Å². The van der Waals surface area contributed by atoms with Crippen molar-refractivity contribution >= 4 is 10.0 Å². The highest BCUT2D eigenvalue weighted by molar-refractivity contribution is 7.89. The predicted octanol–water partition coefficient (Wildman–Crippen LogP) is 1.49. The number of sulfonamides is 1. The molecule has 3 rings (SSSR count). The van der Waals surface area contributed by atoms with Crippen LogP contribution in [0.5, 0.6) is 0 Å². The normalized spacial score (nSPS) is 19.3. The van der Waals surface area contributed by atoms with Crippen molar-refractivity contribution < 1.29 is 17.5 Å². The maximum absolute atomic E-state index is 14.0. The van der Waals surface area contributed by atoms with E-state index >= 15 is 0 Å². The van der Waals surface area contributed by atoms with Crippen molar-refractivity contribution in [3.8, 4) is 0 Å². The van der Waals surface area contributed by atoms with E-state index in [4.69, 9.17) is 4.74 Å². The Bertz CT molecular complexity index is 791. The van der Waals surface area contributed by atoms with Crippen molar-refractivity contribution in [3.05, 3.63) is 48.3 Å². The molecule has 0 aliphatic carbocycles. The first kappa shape index (κ1) is 16.1. The van der Waals surface area contributed by atoms with E-state index in [0.29, 0.717) is 13.2 Å². The summed E-state index contributed by atoms with van der Waals surface area (Å²) in [5, 5.41) is 0. The van der Waals surface area contributed by atoms with Crippen molar-refractivity contribution in [1.29, 1.82) is 0 Å². The van der Waals surface area contributed by atoms with Crippen LogP contribution in [-0.4, -0.2) is 42.5 Å². The van der Waals surface area contributed by atoms with Gasteiger partial charge in [-0.05, 0) is 12.1 Å². The molecule has 8 heteroatoms. The maximum atomic E-state index is 14.0. The van der Waals surface area contributed by atoms with Gasteiger partial charge in [-0.3, -0.25) is 0 Å². The predicted molar refractivity (Wildman–Crippen MR) is 81.6 cm³/mol. The van der Waals surface area contributed by atoms with E-state index in [2.05, 4.69) is 4.98 Å². The second kappa shape index (κ2) is 6.38. The highest BCUT2D eigenvalue weighted by Gasteiger charge is 2.32. The van der Waals surface area contributed by atoms with E-state index in [1.54, 1.807) is 19.6 Å². The molecule has 0 radical (unpaired) electrons. The van der Waals surface area contributed by atoms with E-state index in [0.717, 1.165) is 11.8 Å². The fraction of sp³-hybridized carbons (Fsp3) is 0.400. The summed E-state index contributed by atoms with van der Waals surface area (Å²) in [7, 11) is -2.35. The van der Waals surface area contributed by atoms with Crippen LogP contribution in [0.15, 0.2) is 41.7 Å². The zero-order valence-electron chi connectivity index (χ0n) is 12.7. The van der Waals surface area contributed by atoms with Gasteiger partial charge in [0, 0.05) is 32.3 Å². The summed E-state index contributed by atoms with van der Waals surface area (Å²) in [6.45, 7) is 1.47. The number of nitrogens with zero attached hydrogens (tertiary/aromatic N) is 3. The first-order chi connectivity index (χ1) is 11.0. The van der Waals surface area contributed by atoms with Gasteiger partial charge in [-0.15, -0.1) is 0 Å². The van der Waals surface area contributed by atoms with Gasteiger partial charge in [-0.2, -0.15) is 4.31 Å². The minimum absolute atomic E-state index is 0.0306. The van der Waals surface area contributed by atoms with Gasteiger partial charge >= 0.3 is 0 Å². The molecule has 1 aromatic carbocycles.